The van der Waals surface area contributed by atoms with Crippen molar-refractivity contribution in [2.24, 2.45) is 0 Å². The molecule has 21 heavy (non-hydrogen) atoms. The number of benzene rings is 1. The minimum atomic E-state index is 0.960. The summed E-state index contributed by atoms with van der Waals surface area (Å²) in [6.07, 6.45) is 1.09. The van der Waals surface area contributed by atoms with Gasteiger partial charge in [0.25, 0.3) is 0 Å². The molecule has 1 nitrogen and oxygen atoms in total. The van der Waals surface area contributed by atoms with Gasteiger partial charge in [0.1, 0.15) is 0 Å². The van der Waals surface area contributed by atoms with Gasteiger partial charge in [-0.15, -0.1) is 22.7 Å². The van der Waals surface area contributed by atoms with Gasteiger partial charge in [0.05, 0.1) is 0 Å². The lowest BCUT2D eigenvalue weighted by Gasteiger charge is -2.06. The van der Waals surface area contributed by atoms with E-state index in [9.17, 15) is 0 Å². The first-order valence-electron chi connectivity index (χ1n) is 7.19. The van der Waals surface area contributed by atoms with Gasteiger partial charge >= 0.3 is 0 Å². The smallest absolute Gasteiger partial charge is 0.0351 e. The summed E-state index contributed by atoms with van der Waals surface area (Å²) >= 11 is 3.64. The highest BCUT2D eigenvalue weighted by molar-refractivity contribution is 7.14. The number of thiophene rings is 2. The third-order valence-corrected chi connectivity index (χ3v) is 5.45. The number of nitrogens with one attached hydrogen (secondary N) is 1. The summed E-state index contributed by atoms with van der Waals surface area (Å²) in [5, 5.41) is 7.94. The van der Waals surface area contributed by atoms with E-state index in [1.165, 1.54) is 26.4 Å². The Morgan fingerprint density at radius 1 is 1.05 bits per heavy atom. The molecule has 108 valence electrons. The van der Waals surface area contributed by atoms with Crippen LogP contribution in [-0.2, 0) is 13.0 Å². The number of hydrogen-bond donors (Lipinski definition) is 1. The fraction of sp³-hybridized carbons (Fsp3) is 0.222. The fourth-order valence-electron chi connectivity index (χ4n) is 2.37. The predicted molar refractivity (Wildman–Crippen MR) is 94.2 cm³/mol. The predicted octanol–water partition coefficient (Wildman–Crippen LogP) is 5.12. The Labute approximate surface area is 134 Å². The zero-order valence-corrected chi connectivity index (χ0v) is 13.8. The van der Waals surface area contributed by atoms with E-state index in [2.05, 4.69) is 65.5 Å². The SMILES string of the molecule is Cc1ccccc1CCNCc1cc(-c2cccs2)cs1. The maximum Gasteiger partial charge on any atom is 0.0351 e. The van der Waals surface area contributed by atoms with E-state index in [-0.39, 0.29) is 0 Å². The van der Waals surface area contributed by atoms with Gasteiger partial charge in [-0.25, -0.2) is 0 Å². The Morgan fingerprint density at radius 2 is 1.95 bits per heavy atom. The topological polar surface area (TPSA) is 12.0 Å². The van der Waals surface area contributed by atoms with Crippen LogP contribution in [0.1, 0.15) is 16.0 Å². The van der Waals surface area contributed by atoms with E-state index in [0.29, 0.717) is 0 Å². The number of hydrogen-bond acceptors (Lipinski definition) is 3. The van der Waals surface area contributed by atoms with Gasteiger partial charge in [-0.1, -0.05) is 30.3 Å². The fourth-order valence-corrected chi connectivity index (χ4v) is 4.01. The van der Waals surface area contributed by atoms with Crippen molar-refractivity contribution in [1.29, 1.82) is 0 Å². The second-order valence-corrected chi connectivity index (χ2v) is 7.08. The molecule has 0 fully saturated rings. The third-order valence-electron chi connectivity index (χ3n) is 3.59. The second kappa shape index (κ2) is 7.03. The first-order valence-corrected chi connectivity index (χ1v) is 8.95. The van der Waals surface area contributed by atoms with Gasteiger partial charge in [-0.05, 0) is 53.9 Å². The Hall–Kier alpha value is -1.42. The van der Waals surface area contributed by atoms with E-state index in [0.717, 1.165) is 19.5 Å². The summed E-state index contributed by atoms with van der Waals surface area (Å²) < 4.78 is 0. The van der Waals surface area contributed by atoms with Crippen molar-refractivity contribution >= 4 is 22.7 Å². The average Bonchev–Trinajstić information content (AvgIpc) is 3.16. The summed E-state index contributed by atoms with van der Waals surface area (Å²) in [5.41, 5.74) is 4.18. The number of aryl methyl sites for hydroxylation is 1. The standard InChI is InChI=1S/C18H19NS2/c1-14-5-2-3-6-15(14)8-9-19-12-17-11-16(13-21-17)18-7-4-10-20-18/h2-7,10-11,13,19H,8-9,12H2,1H3. The van der Waals surface area contributed by atoms with Crippen molar-refractivity contribution in [3.05, 3.63) is 69.2 Å². The molecule has 3 rings (SSSR count). The molecular formula is C18H19NS2. The third kappa shape index (κ3) is 3.82. The van der Waals surface area contributed by atoms with Gasteiger partial charge in [0.2, 0.25) is 0 Å². The number of rotatable bonds is 6. The molecule has 0 aliphatic rings. The molecule has 2 aromatic heterocycles. The quantitative estimate of drug-likeness (QED) is 0.623. The van der Waals surface area contributed by atoms with Crippen LogP contribution < -0.4 is 5.32 Å². The van der Waals surface area contributed by atoms with Crippen LogP contribution >= 0.6 is 22.7 Å². The van der Waals surface area contributed by atoms with Gasteiger partial charge < -0.3 is 5.32 Å². The molecule has 0 aliphatic carbocycles. The van der Waals surface area contributed by atoms with Crippen molar-refractivity contribution in [1.82, 2.24) is 5.32 Å². The Balaban J connectivity index is 1.49. The summed E-state index contributed by atoms with van der Waals surface area (Å²) in [4.78, 5) is 2.76. The van der Waals surface area contributed by atoms with E-state index < -0.39 is 0 Å². The summed E-state index contributed by atoms with van der Waals surface area (Å²) in [6, 6.07) is 15.2. The monoisotopic (exact) mass is 313 g/mol. The highest BCUT2D eigenvalue weighted by Crippen LogP contribution is 2.29. The van der Waals surface area contributed by atoms with E-state index in [1.807, 2.05) is 11.3 Å². The molecule has 0 aliphatic heterocycles. The average molecular weight is 313 g/mol. The Bertz CT molecular complexity index is 683. The van der Waals surface area contributed by atoms with E-state index in [1.54, 1.807) is 11.3 Å². The van der Waals surface area contributed by atoms with Gasteiger partial charge in [0.15, 0.2) is 0 Å². The van der Waals surface area contributed by atoms with Crippen LogP contribution in [0.5, 0.6) is 0 Å². The molecule has 1 aromatic carbocycles. The van der Waals surface area contributed by atoms with Crippen LogP contribution in [0.2, 0.25) is 0 Å². The molecule has 0 spiro atoms. The molecule has 3 heteroatoms. The zero-order valence-electron chi connectivity index (χ0n) is 12.1. The van der Waals surface area contributed by atoms with Crippen molar-refractivity contribution in [3.63, 3.8) is 0 Å². The Morgan fingerprint density at radius 3 is 2.76 bits per heavy atom. The van der Waals surface area contributed by atoms with Crippen molar-refractivity contribution in [2.45, 2.75) is 19.9 Å². The van der Waals surface area contributed by atoms with Crippen LogP contribution in [-0.4, -0.2) is 6.54 Å². The Kier molecular flexibility index (Phi) is 4.86. The summed E-state index contributed by atoms with van der Waals surface area (Å²) in [5.74, 6) is 0. The van der Waals surface area contributed by atoms with E-state index >= 15 is 0 Å². The highest BCUT2D eigenvalue weighted by atomic mass is 32.1. The molecule has 0 saturated heterocycles. The molecule has 0 saturated carbocycles. The molecule has 0 bridgehead atoms. The lowest BCUT2D eigenvalue weighted by molar-refractivity contribution is 0.692. The molecule has 0 atom stereocenters. The maximum atomic E-state index is 3.55. The maximum absolute atomic E-state index is 3.55. The first kappa shape index (κ1) is 14.5. The molecule has 1 N–H and O–H groups in total. The lowest BCUT2D eigenvalue weighted by Crippen LogP contribution is -2.16. The first-order chi connectivity index (χ1) is 10.3. The van der Waals surface area contributed by atoms with Crippen LogP contribution in [0.4, 0.5) is 0 Å². The molecule has 2 heterocycles. The van der Waals surface area contributed by atoms with Gasteiger partial charge in [0, 0.05) is 21.9 Å². The molecule has 0 amide bonds. The van der Waals surface area contributed by atoms with Crippen LogP contribution in [0.15, 0.2) is 53.2 Å². The highest BCUT2D eigenvalue weighted by Gasteiger charge is 2.03. The summed E-state index contributed by atoms with van der Waals surface area (Å²) in [7, 11) is 0. The molecule has 0 unspecified atom stereocenters. The largest absolute Gasteiger partial charge is 0.312 e. The van der Waals surface area contributed by atoms with Gasteiger partial charge in [-0.2, -0.15) is 0 Å². The van der Waals surface area contributed by atoms with Crippen molar-refractivity contribution in [3.8, 4) is 10.4 Å². The molecular weight excluding hydrogens is 294 g/mol. The lowest BCUT2D eigenvalue weighted by atomic mass is 10.1. The normalized spacial score (nSPS) is 10.9. The van der Waals surface area contributed by atoms with Crippen LogP contribution in [0, 0.1) is 6.92 Å². The van der Waals surface area contributed by atoms with Crippen molar-refractivity contribution < 1.29 is 0 Å². The van der Waals surface area contributed by atoms with Crippen LogP contribution in [0.25, 0.3) is 10.4 Å². The second-order valence-electron chi connectivity index (χ2n) is 5.13. The van der Waals surface area contributed by atoms with E-state index in [4.69, 9.17) is 0 Å². The van der Waals surface area contributed by atoms with Crippen molar-refractivity contribution in [2.75, 3.05) is 6.54 Å². The molecule has 3 aromatic rings. The molecule has 0 radical (unpaired) electrons. The minimum Gasteiger partial charge on any atom is -0.312 e. The van der Waals surface area contributed by atoms with Gasteiger partial charge in [-0.3, -0.25) is 0 Å². The summed E-state index contributed by atoms with van der Waals surface area (Å²) in [6.45, 7) is 4.17. The minimum absolute atomic E-state index is 0.960. The zero-order chi connectivity index (χ0) is 14.5. The van der Waals surface area contributed by atoms with Crippen LogP contribution in [0.3, 0.4) is 0 Å².